The fourth-order valence-electron chi connectivity index (χ4n) is 2.09. The monoisotopic (exact) mass is 347 g/mol. The maximum Gasteiger partial charge on any atom is 0.325 e. The van der Waals surface area contributed by atoms with Crippen LogP contribution in [0.25, 0.3) is 0 Å². The van der Waals surface area contributed by atoms with Gasteiger partial charge in [0.15, 0.2) is 0 Å². The summed E-state index contributed by atoms with van der Waals surface area (Å²) in [5.74, 6) is 0.473. The second-order valence-electron chi connectivity index (χ2n) is 5.42. The number of carbonyl (C=O) groups is 2. The van der Waals surface area contributed by atoms with Crippen molar-refractivity contribution in [1.82, 2.24) is 20.5 Å². The van der Waals surface area contributed by atoms with Gasteiger partial charge in [0.1, 0.15) is 5.82 Å². The van der Waals surface area contributed by atoms with Crippen molar-refractivity contribution in [1.29, 1.82) is 0 Å². The fourth-order valence-corrected chi connectivity index (χ4v) is 2.71. The molecule has 2 rings (SSSR count). The predicted molar refractivity (Wildman–Crippen MR) is 94.2 cm³/mol. The van der Waals surface area contributed by atoms with Crippen LogP contribution in [0.4, 0.5) is 10.5 Å². The van der Waals surface area contributed by atoms with E-state index in [1.165, 1.54) is 11.8 Å². The normalized spacial score (nSPS) is 10.5. The number of nitrogens with zero attached hydrogens (tertiary/aromatic N) is 2. The Morgan fingerprint density at radius 3 is 2.79 bits per heavy atom. The van der Waals surface area contributed by atoms with Gasteiger partial charge in [0.2, 0.25) is 11.1 Å². The molecule has 128 valence electrons. The molecule has 1 aromatic heterocycles. The first-order chi connectivity index (χ1) is 11.5. The molecule has 1 aromatic carbocycles. The van der Waals surface area contributed by atoms with Gasteiger partial charge in [0.25, 0.3) is 0 Å². The van der Waals surface area contributed by atoms with Crippen molar-refractivity contribution in [3.8, 4) is 0 Å². The molecule has 0 fully saturated rings. The Hall–Kier alpha value is -2.35. The van der Waals surface area contributed by atoms with E-state index in [9.17, 15) is 9.59 Å². The molecule has 0 unspecified atom stereocenters. The number of H-pyrrole nitrogens is 1. The number of hydrogen-bond acceptors (Lipinski definition) is 5. The molecule has 3 amide bonds. The van der Waals surface area contributed by atoms with Crippen molar-refractivity contribution in [2.45, 2.75) is 38.8 Å². The lowest BCUT2D eigenvalue weighted by Crippen LogP contribution is -2.35. The number of urea groups is 1. The molecule has 0 saturated heterocycles. The number of rotatable bonds is 6. The lowest BCUT2D eigenvalue weighted by atomic mass is 10.1. The number of amides is 3. The first-order valence-corrected chi connectivity index (χ1v) is 8.68. The van der Waals surface area contributed by atoms with Crippen LogP contribution in [0.2, 0.25) is 0 Å². The SMILES string of the molecule is CCCc1nc(SCC(=O)NC(=O)Nc2ccc(C)cc2C)n[nH]1. The van der Waals surface area contributed by atoms with Crippen molar-refractivity contribution in [2.75, 3.05) is 11.1 Å². The second kappa shape index (κ2) is 8.49. The van der Waals surface area contributed by atoms with Gasteiger partial charge in [-0.05, 0) is 31.9 Å². The number of aryl methyl sites for hydroxylation is 3. The summed E-state index contributed by atoms with van der Waals surface area (Å²) < 4.78 is 0. The van der Waals surface area contributed by atoms with E-state index in [-0.39, 0.29) is 5.75 Å². The highest BCUT2D eigenvalue weighted by molar-refractivity contribution is 7.99. The van der Waals surface area contributed by atoms with E-state index in [2.05, 4.69) is 32.7 Å². The fraction of sp³-hybridized carbons (Fsp3) is 0.375. The van der Waals surface area contributed by atoms with Crippen molar-refractivity contribution in [3.05, 3.63) is 35.2 Å². The van der Waals surface area contributed by atoms with Crippen molar-refractivity contribution in [3.63, 3.8) is 0 Å². The molecule has 0 radical (unpaired) electrons. The average molecular weight is 347 g/mol. The van der Waals surface area contributed by atoms with E-state index in [0.717, 1.165) is 29.8 Å². The number of anilines is 1. The number of aromatic amines is 1. The Morgan fingerprint density at radius 2 is 2.08 bits per heavy atom. The Labute approximate surface area is 145 Å². The summed E-state index contributed by atoms with van der Waals surface area (Å²) in [7, 11) is 0. The zero-order valence-electron chi connectivity index (χ0n) is 14.0. The summed E-state index contributed by atoms with van der Waals surface area (Å²) >= 11 is 1.18. The van der Waals surface area contributed by atoms with Gasteiger partial charge in [0, 0.05) is 12.1 Å². The number of benzene rings is 1. The number of aromatic nitrogens is 3. The summed E-state index contributed by atoms with van der Waals surface area (Å²) in [6.07, 6.45) is 1.79. The van der Waals surface area contributed by atoms with Crippen molar-refractivity contribution in [2.24, 2.45) is 0 Å². The first-order valence-electron chi connectivity index (χ1n) is 7.70. The highest BCUT2D eigenvalue weighted by Crippen LogP contribution is 2.16. The van der Waals surface area contributed by atoms with Crippen LogP contribution >= 0.6 is 11.8 Å². The number of nitrogens with one attached hydrogen (secondary N) is 3. The van der Waals surface area contributed by atoms with Gasteiger partial charge >= 0.3 is 6.03 Å². The van der Waals surface area contributed by atoms with E-state index in [1.54, 1.807) is 0 Å². The van der Waals surface area contributed by atoms with E-state index < -0.39 is 11.9 Å². The molecule has 1 heterocycles. The molecule has 2 aromatic rings. The standard InChI is InChI=1S/C16H21N5O2S/c1-4-5-13-18-16(21-20-13)24-9-14(22)19-15(23)17-12-7-6-10(2)8-11(12)3/h6-8H,4-5,9H2,1-3H3,(H,18,20,21)(H2,17,19,22,23). The second-order valence-corrected chi connectivity index (χ2v) is 6.37. The summed E-state index contributed by atoms with van der Waals surface area (Å²) in [6, 6.07) is 5.13. The zero-order valence-corrected chi connectivity index (χ0v) is 14.8. The van der Waals surface area contributed by atoms with Gasteiger partial charge in [-0.15, -0.1) is 5.10 Å². The molecular weight excluding hydrogens is 326 g/mol. The van der Waals surface area contributed by atoms with Crippen LogP contribution in [0.1, 0.15) is 30.3 Å². The number of carbonyl (C=O) groups excluding carboxylic acids is 2. The van der Waals surface area contributed by atoms with Crippen molar-refractivity contribution < 1.29 is 9.59 Å². The minimum Gasteiger partial charge on any atom is -0.307 e. The van der Waals surface area contributed by atoms with Gasteiger partial charge in [-0.3, -0.25) is 15.2 Å². The van der Waals surface area contributed by atoms with Gasteiger partial charge in [-0.25, -0.2) is 9.78 Å². The molecule has 0 aliphatic carbocycles. The highest BCUT2D eigenvalue weighted by Gasteiger charge is 2.11. The number of thioether (sulfide) groups is 1. The molecule has 0 spiro atoms. The largest absolute Gasteiger partial charge is 0.325 e. The van der Waals surface area contributed by atoms with Crippen LogP contribution in [-0.4, -0.2) is 32.9 Å². The first kappa shape index (κ1) is 18.0. The predicted octanol–water partition coefficient (Wildman–Crippen LogP) is 2.81. The molecule has 24 heavy (non-hydrogen) atoms. The van der Waals surface area contributed by atoms with E-state index in [4.69, 9.17) is 0 Å². The maximum absolute atomic E-state index is 11.9. The number of hydrogen-bond donors (Lipinski definition) is 3. The van der Waals surface area contributed by atoms with Crippen molar-refractivity contribution >= 4 is 29.4 Å². The third-order valence-corrected chi connectivity index (χ3v) is 4.06. The molecule has 0 atom stereocenters. The topological polar surface area (TPSA) is 99.8 Å². The summed E-state index contributed by atoms with van der Waals surface area (Å²) in [5, 5.41) is 12.3. The van der Waals surface area contributed by atoms with Crippen LogP contribution < -0.4 is 10.6 Å². The molecule has 0 aliphatic heterocycles. The third-order valence-electron chi connectivity index (χ3n) is 3.21. The molecule has 0 aliphatic rings. The van der Waals surface area contributed by atoms with Crippen LogP contribution in [-0.2, 0) is 11.2 Å². The van der Waals surface area contributed by atoms with Gasteiger partial charge in [0.05, 0.1) is 5.75 Å². The maximum atomic E-state index is 11.9. The van der Waals surface area contributed by atoms with Crippen LogP contribution in [0.15, 0.2) is 23.4 Å². The molecule has 7 nitrogen and oxygen atoms in total. The van der Waals surface area contributed by atoms with E-state index in [1.807, 2.05) is 32.0 Å². The lowest BCUT2D eigenvalue weighted by molar-refractivity contribution is -0.117. The Bertz CT molecular complexity index is 729. The summed E-state index contributed by atoms with van der Waals surface area (Å²) in [5.41, 5.74) is 2.73. The molecule has 3 N–H and O–H groups in total. The van der Waals surface area contributed by atoms with Crippen LogP contribution in [0.3, 0.4) is 0 Å². The molecular formula is C16H21N5O2S. The quantitative estimate of drug-likeness (QED) is 0.698. The molecule has 8 heteroatoms. The Kier molecular flexibility index (Phi) is 6.36. The average Bonchev–Trinajstić information content (AvgIpc) is 2.96. The van der Waals surface area contributed by atoms with Gasteiger partial charge in [-0.2, -0.15) is 0 Å². The minimum atomic E-state index is -0.547. The third kappa shape index (κ3) is 5.38. The minimum absolute atomic E-state index is 0.0731. The molecule has 0 saturated carbocycles. The zero-order chi connectivity index (χ0) is 17.5. The van der Waals surface area contributed by atoms with Gasteiger partial charge in [-0.1, -0.05) is 36.4 Å². The smallest absolute Gasteiger partial charge is 0.307 e. The van der Waals surface area contributed by atoms with Crippen LogP contribution in [0, 0.1) is 13.8 Å². The Balaban J connectivity index is 1.79. The lowest BCUT2D eigenvalue weighted by Gasteiger charge is -2.09. The Morgan fingerprint density at radius 1 is 1.29 bits per heavy atom. The summed E-state index contributed by atoms with van der Waals surface area (Å²) in [4.78, 5) is 28.0. The molecule has 0 bridgehead atoms. The van der Waals surface area contributed by atoms with E-state index >= 15 is 0 Å². The summed E-state index contributed by atoms with van der Waals surface area (Å²) in [6.45, 7) is 5.93. The highest BCUT2D eigenvalue weighted by atomic mass is 32.2. The van der Waals surface area contributed by atoms with E-state index in [0.29, 0.717) is 10.8 Å². The van der Waals surface area contributed by atoms with Gasteiger partial charge < -0.3 is 5.32 Å². The number of imide groups is 1. The van der Waals surface area contributed by atoms with Crippen LogP contribution in [0.5, 0.6) is 0 Å².